The number of methoxy groups -OCH3 is 1. The Balaban J connectivity index is 2.48. The molecule has 0 aliphatic heterocycles. The summed E-state index contributed by atoms with van der Waals surface area (Å²) in [5.74, 6) is -0.178. The zero-order chi connectivity index (χ0) is 12.7. The molecule has 0 fully saturated rings. The number of carbonyl (C=O) groups excluding carboxylic acids is 2. The number of nitrogens with zero attached hydrogens (tertiary/aromatic N) is 2. The van der Waals surface area contributed by atoms with Crippen LogP contribution in [0.1, 0.15) is 17.5 Å². The van der Waals surface area contributed by atoms with E-state index in [0.717, 1.165) is 0 Å². The molecule has 0 atom stereocenters. The molecule has 1 aromatic rings. The third kappa shape index (κ3) is 4.45. The largest absolute Gasteiger partial charge is 0.463 e. The maximum absolute atomic E-state index is 11.2. The minimum Gasteiger partial charge on any atom is -0.463 e. The van der Waals surface area contributed by atoms with Crippen molar-refractivity contribution in [3.8, 4) is 0 Å². The molecule has 2 N–H and O–H groups in total. The average Bonchev–Trinajstić information content (AvgIpc) is 2.34. The molecule has 1 amide bonds. The van der Waals surface area contributed by atoms with Gasteiger partial charge in [0.15, 0.2) is 0 Å². The second-order valence-corrected chi connectivity index (χ2v) is 3.17. The van der Waals surface area contributed by atoms with Crippen molar-refractivity contribution in [1.29, 1.82) is 0 Å². The molecule has 0 saturated heterocycles. The van der Waals surface area contributed by atoms with E-state index in [4.69, 9.17) is 0 Å². The number of aromatic nitrogens is 2. The Morgan fingerprint density at radius 1 is 1.41 bits per heavy atom. The second kappa shape index (κ2) is 6.41. The Morgan fingerprint density at radius 3 is 2.82 bits per heavy atom. The van der Waals surface area contributed by atoms with Crippen molar-refractivity contribution in [2.24, 2.45) is 0 Å². The monoisotopic (exact) mass is 238 g/mol. The van der Waals surface area contributed by atoms with Gasteiger partial charge < -0.3 is 15.4 Å². The van der Waals surface area contributed by atoms with Gasteiger partial charge in [-0.15, -0.1) is 0 Å². The minimum atomic E-state index is -0.587. The van der Waals surface area contributed by atoms with Crippen molar-refractivity contribution in [3.63, 3.8) is 0 Å². The van der Waals surface area contributed by atoms with Gasteiger partial charge in [-0.2, -0.15) is 0 Å². The van der Waals surface area contributed by atoms with E-state index in [-0.39, 0.29) is 11.7 Å². The lowest BCUT2D eigenvalue weighted by atomic mass is 10.5. The van der Waals surface area contributed by atoms with E-state index in [1.54, 1.807) is 6.07 Å². The van der Waals surface area contributed by atoms with E-state index in [0.29, 0.717) is 18.9 Å². The molecular formula is C10H14N4O3. The van der Waals surface area contributed by atoms with Crippen LogP contribution in [0.4, 0.5) is 5.82 Å². The fourth-order valence-corrected chi connectivity index (χ4v) is 1.08. The second-order valence-electron chi connectivity index (χ2n) is 3.17. The van der Waals surface area contributed by atoms with Gasteiger partial charge in [0.25, 0.3) is 0 Å². The Hall–Kier alpha value is -2.18. The standard InChI is InChI=1S/C10H14N4O3/c1-7(15)11-5-6-12-8-3-4-13-9(14-8)10(16)17-2/h3-4H,5-6H2,1-2H3,(H,11,15)(H,12,13,14). The quantitative estimate of drug-likeness (QED) is 0.545. The lowest BCUT2D eigenvalue weighted by Crippen LogP contribution is -2.26. The Labute approximate surface area is 98.6 Å². The highest BCUT2D eigenvalue weighted by atomic mass is 16.5. The van der Waals surface area contributed by atoms with Gasteiger partial charge in [-0.05, 0) is 6.07 Å². The topological polar surface area (TPSA) is 93.2 Å². The van der Waals surface area contributed by atoms with Gasteiger partial charge in [-0.3, -0.25) is 4.79 Å². The molecule has 7 nitrogen and oxygen atoms in total. The molecule has 92 valence electrons. The molecule has 0 aliphatic rings. The van der Waals surface area contributed by atoms with Crippen molar-refractivity contribution in [3.05, 3.63) is 18.1 Å². The van der Waals surface area contributed by atoms with Crippen LogP contribution in [0.25, 0.3) is 0 Å². The first kappa shape index (κ1) is 12.9. The normalized spacial score (nSPS) is 9.53. The maximum Gasteiger partial charge on any atom is 0.376 e. The first-order chi connectivity index (χ1) is 8.13. The van der Waals surface area contributed by atoms with Crippen LogP contribution in [-0.2, 0) is 9.53 Å². The molecule has 0 aliphatic carbocycles. The summed E-state index contributed by atoms with van der Waals surface area (Å²) in [5.41, 5.74) is 0. The number of carbonyl (C=O) groups is 2. The minimum absolute atomic E-state index is 0.00275. The van der Waals surface area contributed by atoms with Gasteiger partial charge in [0.2, 0.25) is 11.7 Å². The molecule has 0 spiro atoms. The number of ether oxygens (including phenoxy) is 1. The summed E-state index contributed by atoms with van der Waals surface area (Å²) in [6, 6.07) is 1.63. The maximum atomic E-state index is 11.2. The summed E-state index contributed by atoms with van der Waals surface area (Å²) in [6.45, 7) is 2.43. The fraction of sp³-hybridized carbons (Fsp3) is 0.400. The number of esters is 1. The van der Waals surface area contributed by atoms with Crippen molar-refractivity contribution >= 4 is 17.7 Å². The number of amides is 1. The van der Waals surface area contributed by atoms with E-state index < -0.39 is 5.97 Å². The molecule has 0 aromatic carbocycles. The zero-order valence-corrected chi connectivity index (χ0v) is 9.69. The molecule has 7 heteroatoms. The SMILES string of the molecule is COC(=O)c1nccc(NCCNC(C)=O)n1. The van der Waals surface area contributed by atoms with Gasteiger partial charge >= 0.3 is 5.97 Å². The number of hydrogen-bond donors (Lipinski definition) is 2. The van der Waals surface area contributed by atoms with Gasteiger partial charge in [0, 0.05) is 26.2 Å². The summed E-state index contributed by atoms with van der Waals surface area (Å²) in [5, 5.41) is 5.57. The molecule has 0 saturated carbocycles. The molecule has 17 heavy (non-hydrogen) atoms. The number of hydrogen-bond acceptors (Lipinski definition) is 6. The molecule has 0 bridgehead atoms. The van der Waals surface area contributed by atoms with Crippen LogP contribution in [0.2, 0.25) is 0 Å². The molecule has 0 radical (unpaired) electrons. The highest BCUT2D eigenvalue weighted by Crippen LogP contribution is 2.01. The van der Waals surface area contributed by atoms with Gasteiger partial charge in [-0.1, -0.05) is 0 Å². The van der Waals surface area contributed by atoms with Gasteiger partial charge in [0.1, 0.15) is 5.82 Å². The highest BCUT2D eigenvalue weighted by molar-refractivity contribution is 5.85. The van der Waals surface area contributed by atoms with Crippen LogP contribution >= 0.6 is 0 Å². The van der Waals surface area contributed by atoms with Crippen LogP contribution in [0.3, 0.4) is 0 Å². The Bertz CT molecular complexity index is 408. The fourth-order valence-electron chi connectivity index (χ4n) is 1.08. The van der Waals surface area contributed by atoms with Crippen molar-refractivity contribution < 1.29 is 14.3 Å². The predicted molar refractivity (Wildman–Crippen MR) is 60.5 cm³/mol. The van der Waals surface area contributed by atoms with Crippen LogP contribution < -0.4 is 10.6 Å². The number of anilines is 1. The van der Waals surface area contributed by atoms with Crippen LogP contribution in [0, 0.1) is 0 Å². The zero-order valence-electron chi connectivity index (χ0n) is 9.69. The van der Waals surface area contributed by atoms with Crippen LogP contribution in [-0.4, -0.2) is 42.0 Å². The van der Waals surface area contributed by atoms with E-state index in [1.165, 1.54) is 20.2 Å². The molecule has 0 unspecified atom stereocenters. The van der Waals surface area contributed by atoms with Crippen molar-refractivity contribution in [1.82, 2.24) is 15.3 Å². The van der Waals surface area contributed by atoms with Crippen molar-refractivity contribution in [2.75, 3.05) is 25.5 Å². The van der Waals surface area contributed by atoms with Gasteiger partial charge in [-0.25, -0.2) is 14.8 Å². The van der Waals surface area contributed by atoms with E-state index in [2.05, 4.69) is 25.3 Å². The third-order valence-corrected chi connectivity index (χ3v) is 1.83. The Morgan fingerprint density at radius 2 is 2.18 bits per heavy atom. The molecule has 1 aromatic heterocycles. The van der Waals surface area contributed by atoms with E-state index in [1.807, 2.05) is 0 Å². The van der Waals surface area contributed by atoms with E-state index in [9.17, 15) is 9.59 Å². The number of nitrogens with one attached hydrogen (secondary N) is 2. The average molecular weight is 238 g/mol. The lowest BCUT2D eigenvalue weighted by molar-refractivity contribution is -0.118. The van der Waals surface area contributed by atoms with Crippen LogP contribution in [0.15, 0.2) is 12.3 Å². The summed E-state index contributed by atoms with van der Waals surface area (Å²) < 4.78 is 4.50. The lowest BCUT2D eigenvalue weighted by Gasteiger charge is -2.06. The van der Waals surface area contributed by atoms with Crippen LogP contribution in [0.5, 0.6) is 0 Å². The molecule has 1 rings (SSSR count). The molecule has 1 heterocycles. The summed E-state index contributed by atoms with van der Waals surface area (Å²) >= 11 is 0. The summed E-state index contributed by atoms with van der Waals surface area (Å²) in [6.07, 6.45) is 1.46. The van der Waals surface area contributed by atoms with Gasteiger partial charge in [0.05, 0.1) is 7.11 Å². The Kier molecular flexibility index (Phi) is 4.86. The smallest absolute Gasteiger partial charge is 0.376 e. The third-order valence-electron chi connectivity index (χ3n) is 1.83. The van der Waals surface area contributed by atoms with E-state index >= 15 is 0 Å². The first-order valence-electron chi connectivity index (χ1n) is 5.03. The predicted octanol–water partition coefficient (Wildman–Crippen LogP) is -0.189. The summed E-state index contributed by atoms with van der Waals surface area (Å²) in [7, 11) is 1.27. The highest BCUT2D eigenvalue weighted by Gasteiger charge is 2.08. The first-order valence-corrected chi connectivity index (χ1v) is 5.03. The van der Waals surface area contributed by atoms with Crippen molar-refractivity contribution in [2.45, 2.75) is 6.92 Å². The number of rotatable bonds is 5. The summed E-state index contributed by atoms with van der Waals surface area (Å²) in [4.78, 5) is 29.5. The molecular weight excluding hydrogens is 224 g/mol.